The highest BCUT2D eigenvalue weighted by atomic mass is 32.2. The van der Waals surface area contributed by atoms with Gasteiger partial charge in [0.25, 0.3) is 0 Å². The van der Waals surface area contributed by atoms with Crippen LogP contribution in [0.15, 0.2) is 0 Å². The normalized spacial score (nSPS) is 31.1. The average Bonchev–Trinajstić information content (AvgIpc) is 2.28. The van der Waals surface area contributed by atoms with E-state index in [-0.39, 0.29) is 0 Å². The van der Waals surface area contributed by atoms with Gasteiger partial charge >= 0.3 is 0 Å². The van der Waals surface area contributed by atoms with Crippen molar-refractivity contribution in [2.24, 2.45) is 5.92 Å². The summed E-state index contributed by atoms with van der Waals surface area (Å²) in [5.74, 6) is 1.49. The van der Waals surface area contributed by atoms with Crippen molar-refractivity contribution >= 4 is 10.8 Å². The number of nitrogens with one attached hydrogen (secondary N) is 1. The van der Waals surface area contributed by atoms with Crippen molar-refractivity contribution in [2.75, 3.05) is 12.8 Å². The average molecular weight is 231 g/mol. The van der Waals surface area contributed by atoms with E-state index in [2.05, 4.69) is 19.2 Å². The molecule has 0 bridgehead atoms. The van der Waals surface area contributed by atoms with E-state index in [9.17, 15) is 4.21 Å². The molecule has 0 aromatic heterocycles. The fourth-order valence-electron chi connectivity index (χ4n) is 2.26. The molecule has 0 aromatic rings. The molecule has 0 aliphatic heterocycles. The lowest BCUT2D eigenvalue weighted by Crippen LogP contribution is -2.43. The molecule has 1 rings (SSSR count). The van der Waals surface area contributed by atoms with Crippen LogP contribution in [0, 0.1) is 5.92 Å². The molecular weight excluding hydrogens is 206 g/mol. The zero-order chi connectivity index (χ0) is 11.3. The minimum atomic E-state index is -0.629. The molecule has 4 atom stereocenters. The van der Waals surface area contributed by atoms with Gasteiger partial charge in [-0.05, 0) is 25.8 Å². The van der Waals surface area contributed by atoms with E-state index in [1.807, 2.05) is 7.05 Å². The van der Waals surface area contributed by atoms with Gasteiger partial charge in [0.2, 0.25) is 0 Å². The highest BCUT2D eigenvalue weighted by Gasteiger charge is 2.28. The standard InChI is InChI=1S/C12H25NOS/c1-4-10(2)9-15(14)12-8-6-5-7-11(12)13-3/h10-13H,4-9H2,1-3H3. The van der Waals surface area contributed by atoms with Crippen molar-refractivity contribution in [3.05, 3.63) is 0 Å². The third-order valence-electron chi connectivity index (χ3n) is 3.56. The fourth-order valence-corrected chi connectivity index (χ4v) is 4.38. The van der Waals surface area contributed by atoms with E-state index >= 15 is 0 Å². The van der Waals surface area contributed by atoms with Crippen LogP contribution in [0.2, 0.25) is 0 Å². The van der Waals surface area contributed by atoms with Gasteiger partial charge in [0.1, 0.15) is 0 Å². The zero-order valence-corrected chi connectivity index (χ0v) is 11.1. The van der Waals surface area contributed by atoms with Gasteiger partial charge in [0.15, 0.2) is 0 Å². The van der Waals surface area contributed by atoms with E-state index in [4.69, 9.17) is 0 Å². The van der Waals surface area contributed by atoms with Crippen molar-refractivity contribution in [1.82, 2.24) is 5.32 Å². The van der Waals surface area contributed by atoms with Gasteiger partial charge in [-0.3, -0.25) is 4.21 Å². The molecule has 4 unspecified atom stereocenters. The van der Waals surface area contributed by atoms with Gasteiger partial charge in [-0.25, -0.2) is 0 Å². The van der Waals surface area contributed by atoms with Crippen LogP contribution in [0.25, 0.3) is 0 Å². The number of hydrogen-bond acceptors (Lipinski definition) is 2. The Morgan fingerprint density at radius 3 is 2.67 bits per heavy atom. The van der Waals surface area contributed by atoms with Gasteiger partial charge in [-0.15, -0.1) is 0 Å². The monoisotopic (exact) mass is 231 g/mol. The van der Waals surface area contributed by atoms with E-state index in [0.717, 1.165) is 18.6 Å². The van der Waals surface area contributed by atoms with Crippen LogP contribution in [0.1, 0.15) is 46.0 Å². The lowest BCUT2D eigenvalue weighted by molar-refractivity contribution is 0.398. The van der Waals surface area contributed by atoms with Gasteiger partial charge in [0, 0.05) is 22.6 Å². The van der Waals surface area contributed by atoms with Crippen molar-refractivity contribution in [2.45, 2.75) is 57.2 Å². The lowest BCUT2D eigenvalue weighted by atomic mass is 9.95. The number of rotatable bonds is 5. The summed E-state index contributed by atoms with van der Waals surface area (Å²) in [6, 6.07) is 0.489. The van der Waals surface area contributed by atoms with Crippen LogP contribution in [-0.2, 0) is 10.8 Å². The Balaban J connectivity index is 2.48. The summed E-state index contributed by atoms with van der Waals surface area (Å²) in [5.41, 5.74) is 0. The molecule has 15 heavy (non-hydrogen) atoms. The molecule has 0 aromatic carbocycles. The third-order valence-corrected chi connectivity index (χ3v) is 5.69. The summed E-state index contributed by atoms with van der Waals surface area (Å²) in [6.07, 6.45) is 6.04. The highest BCUT2D eigenvalue weighted by molar-refractivity contribution is 7.85. The second kappa shape index (κ2) is 6.64. The first-order valence-corrected chi connectivity index (χ1v) is 7.61. The molecule has 3 heteroatoms. The van der Waals surface area contributed by atoms with Crippen molar-refractivity contribution < 1.29 is 4.21 Å². The van der Waals surface area contributed by atoms with E-state index in [0.29, 0.717) is 17.2 Å². The molecule has 0 saturated heterocycles. The van der Waals surface area contributed by atoms with Crippen LogP contribution in [-0.4, -0.2) is 28.3 Å². The minimum absolute atomic E-state index is 0.401. The first kappa shape index (κ1) is 13.2. The molecule has 0 radical (unpaired) electrons. The summed E-state index contributed by atoms with van der Waals surface area (Å²) >= 11 is 0. The maximum atomic E-state index is 12.2. The number of hydrogen-bond donors (Lipinski definition) is 1. The van der Waals surface area contributed by atoms with Gasteiger partial charge in [-0.2, -0.15) is 0 Å². The Kier molecular flexibility index (Phi) is 5.83. The molecule has 1 saturated carbocycles. The molecule has 0 heterocycles. The van der Waals surface area contributed by atoms with E-state index < -0.39 is 10.8 Å². The van der Waals surface area contributed by atoms with Gasteiger partial charge < -0.3 is 5.32 Å². The topological polar surface area (TPSA) is 29.1 Å². The molecule has 1 aliphatic rings. The Hall–Kier alpha value is 0.110. The summed E-state index contributed by atoms with van der Waals surface area (Å²) in [5, 5.41) is 3.73. The first-order valence-electron chi connectivity index (χ1n) is 6.23. The Morgan fingerprint density at radius 2 is 2.07 bits per heavy atom. The van der Waals surface area contributed by atoms with Crippen molar-refractivity contribution in [3.63, 3.8) is 0 Å². The molecule has 90 valence electrons. The second-order valence-electron chi connectivity index (χ2n) is 4.78. The summed E-state index contributed by atoms with van der Waals surface area (Å²) in [7, 11) is 1.37. The van der Waals surface area contributed by atoms with E-state index in [1.54, 1.807) is 0 Å². The molecule has 1 aliphatic carbocycles. The van der Waals surface area contributed by atoms with Crippen LogP contribution >= 0.6 is 0 Å². The summed E-state index contributed by atoms with van der Waals surface area (Å²) < 4.78 is 12.2. The van der Waals surface area contributed by atoms with Crippen molar-refractivity contribution in [3.8, 4) is 0 Å². The fraction of sp³-hybridized carbons (Fsp3) is 1.00. The van der Waals surface area contributed by atoms with Gasteiger partial charge in [0.05, 0.1) is 5.25 Å². The molecule has 0 amide bonds. The van der Waals surface area contributed by atoms with Crippen LogP contribution in [0.3, 0.4) is 0 Å². The quantitative estimate of drug-likeness (QED) is 0.787. The molecule has 1 N–H and O–H groups in total. The molecule has 1 fully saturated rings. The van der Waals surface area contributed by atoms with Gasteiger partial charge in [-0.1, -0.05) is 33.1 Å². The SMILES string of the molecule is CCC(C)CS(=O)C1CCCCC1NC. The Labute approximate surface area is 96.7 Å². The largest absolute Gasteiger partial charge is 0.316 e. The maximum Gasteiger partial charge on any atom is 0.0501 e. The van der Waals surface area contributed by atoms with Crippen LogP contribution < -0.4 is 5.32 Å². The summed E-state index contributed by atoms with van der Waals surface area (Å²) in [4.78, 5) is 0. The lowest BCUT2D eigenvalue weighted by Gasteiger charge is -2.31. The van der Waals surface area contributed by atoms with Crippen molar-refractivity contribution in [1.29, 1.82) is 0 Å². The molecule has 0 spiro atoms. The Bertz CT molecular complexity index is 208. The predicted octanol–water partition coefficient (Wildman–Crippen LogP) is 2.31. The minimum Gasteiger partial charge on any atom is -0.316 e. The first-order chi connectivity index (χ1) is 7.19. The molecular formula is C12H25NOS. The van der Waals surface area contributed by atoms with Crippen LogP contribution in [0.4, 0.5) is 0 Å². The Morgan fingerprint density at radius 1 is 1.40 bits per heavy atom. The van der Waals surface area contributed by atoms with E-state index in [1.165, 1.54) is 19.3 Å². The highest BCUT2D eigenvalue weighted by Crippen LogP contribution is 2.24. The maximum absolute atomic E-state index is 12.2. The smallest absolute Gasteiger partial charge is 0.0501 e. The predicted molar refractivity (Wildman–Crippen MR) is 67.6 cm³/mol. The molecule has 2 nitrogen and oxygen atoms in total. The summed E-state index contributed by atoms with van der Waals surface area (Å²) in [6.45, 7) is 4.38. The zero-order valence-electron chi connectivity index (χ0n) is 10.3. The third kappa shape index (κ3) is 3.87. The van der Waals surface area contributed by atoms with Crippen LogP contribution in [0.5, 0.6) is 0 Å². The second-order valence-corrected chi connectivity index (χ2v) is 6.48.